The average Bonchev–Trinajstić information content (AvgIpc) is 3.30. The number of phenols is 1. The number of rotatable bonds is 9. The molecule has 0 amide bonds. The largest absolute Gasteiger partial charge is 0.504 e. The molecule has 0 saturated carbocycles. The Bertz CT molecular complexity index is 810. The van der Waals surface area contributed by atoms with Crippen LogP contribution in [0.1, 0.15) is 36.9 Å². The maximum Gasteiger partial charge on any atom is 0.191 e. The summed E-state index contributed by atoms with van der Waals surface area (Å²) in [6.45, 7) is 6.52. The van der Waals surface area contributed by atoms with Crippen LogP contribution in [0.15, 0.2) is 53.5 Å². The summed E-state index contributed by atoms with van der Waals surface area (Å²) < 4.78 is 5.20. The van der Waals surface area contributed by atoms with Crippen LogP contribution in [0.5, 0.6) is 11.5 Å². The Morgan fingerprint density at radius 2 is 1.84 bits per heavy atom. The third kappa shape index (κ3) is 7.28. The van der Waals surface area contributed by atoms with Gasteiger partial charge in [0, 0.05) is 13.1 Å². The Balaban J connectivity index is 0.00000341. The number of methoxy groups -OCH3 is 1. The molecule has 0 spiro atoms. The zero-order valence-corrected chi connectivity index (χ0v) is 20.8. The van der Waals surface area contributed by atoms with E-state index >= 15 is 0 Å². The molecule has 1 saturated heterocycles. The number of benzene rings is 2. The summed E-state index contributed by atoms with van der Waals surface area (Å²) >= 11 is 0. The van der Waals surface area contributed by atoms with Crippen molar-refractivity contribution in [2.24, 2.45) is 4.99 Å². The molecule has 1 unspecified atom stereocenters. The fraction of sp³-hybridized carbons (Fsp3) is 0.458. The minimum absolute atomic E-state index is 0. The van der Waals surface area contributed by atoms with Gasteiger partial charge in [-0.25, -0.2) is 0 Å². The van der Waals surface area contributed by atoms with Crippen LogP contribution in [0.2, 0.25) is 0 Å². The third-order valence-electron chi connectivity index (χ3n) is 5.52. The first-order valence-corrected chi connectivity index (χ1v) is 10.9. The monoisotopic (exact) mass is 538 g/mol. The summed E-state index contributed by atoms with van der Waals surface area (Å²) in [5.74, 6) is 1.52. The van der Waals surface area contributed by atoms with Gasteiger partial charge < -0.3 is 20.5 Å². The van der Waals surface area contributed by atoms with E-state index in [-0.39, 0.29) is 29.7 Å². The van der Waals surface area contributed by atoms with E-state index < -0.39 is 0 Å². The second-order valence-electron chi connectivity index (χ2n) is 7.53. The van der Waals surface area contributed by atoms with Gasteiger partial charge in [0.15, 0.2) is 17.5 Å². The first-order valence-electron chi connectivity index (χ1n) is 10.9. The highest BCUT2D eigenvalue weighted by Crippen LogP contribution is 2.29. The molecular formula is C24H35IN4O2. The van der Waals surface area contributed by atoms with Crippen LogP contribution in [0, 0.1) is 0 Å². The predicted molar refractivity (Wildman–Crippen MR) is 138 cm³/mol. The van der Waals surface area contributed by atoms with E-state index in [1.807, 2.05) is 12.1 Å². The molecule has 7 heteroatoms. The van der Waals surface area contributed by atoms with E-state index in [4.69, 9.17) is 9.73 Å². The second kappa shape index (κ2) is 13.4. The van der Waals surface area contributed by atoms with Crippen LogP contribution in [-0.2, 0) is 6.42 Å². The van der Waals surface area contributed by atoms with E-state index in [1.54, 1.807) is 13.2 Å². The topological polar surface area (TPSA) is 69.1 Å². The summed E-state index contributed by atoms with van der Waals surface area (Å²) in [5.41, 5.74) is 2.18. The Kier molecular flexibility index (Phi) is 10.9. The number of guanidine groups is 1. The number of aliphatic imine (C=N–C) groups is 1. The van der Waals surface area contributed by atoms with Gasteiger partial charge in [-0.1, -0.05) is 42.5 Å². The molecule has 0 aromatic heterocycles. The summed E-state index contributed by atoms with van der Waals surface area (Å²) in [6.07, 6.45) is 3.20. The van der Waals surface area contributed by atoms with Gasteiger partial charge in [-0.3, -0.25) is 9.89 Å². The molecule has 3 rings (SSSR count). The quantitative estimate of drug-likeness (QED) is 0.256. The summed E-state index contributed by atoms with van der Waals surface area (Å²) in [7, 11) is 1.57. The number of hydrogen-bond acceptors (Lipinski definition) is 4. The van der Waals surface area contributed by atoms with E-state index in [1.165, 1.54) is 18.4 Å². The predicted octanol–water partition coefficient (Wildman–Crippen LogP) is 3.95. The molecule has 6 nitrogen and oxygen atoms in total. The summed E-state index contributed by atoms with van der Waals surface area (Å²) in [4.78, 5) is 7.43. The molecule has 170 valence electrons. The minimum atomic E-state index is 0. The second-order valence-corrected chi connectivity index (χ2v) is 7.53. The molecule has 0 aliphatic carbocycles. The average molecular weight is 538 g/mol. The minimum Gasteiger partial charge on any atom is -0.504 e. The third-order valence-corrected chi connectivity index (χ3v) is 5.52. The van der Waals surface area contributed by atoms with Gasteiger partial charge in [-0.15, -0.1) is 24.0 Å². The standard InChI is InChI=1S/C24H34N4O2.HI/c1-3-25-24(26-15-14-20-12-9-13-22(30-2)23(20)29)27-18-21(28-16-7-8-17-28)19-10-5-4-6-11-19;/h4-6,9-13,21,29H,3,7-8,14-18H2,1-2H3,(H2,25,26,27);1H. The number of likely N-dealkylation sites (tertiary alicyclic amines) is 1. The van der Waals surface area contributed by atoms with Gasteiger partial charge in [0.2, 0.25) is 0 Å². The van der Waals surface area contributed by atoms with E-state index in [0.29, 0.717) is 31.3 Å². The van der Waals surface area contributed by atoms with Crippen molar-refractivity contribution >= 4 is 29.9 Å². The fourth-order valence-electron chi connectivity index (χ4n) is 3.93. The normalized spacial score (nSPS) is 15.2. The molecule has 1 fully saturated rings. The van der Waals surface area contributed by atoms with Gasteiger partial charge >= 0.3 is 0 Å². The number of nitrogens with zero attached hydrogens (tertiary/aromatic N) is 2. The molecule has 1 aliphatic heterocycles. The van der Waals surface area contributed by atoms with Crippen molar-refractivity contribution in [1.29, 1.82) is 0 Å². The molecule has 1 heterocycles. The van der Waals surface area contributed by atoms with Gasteiger partial charge in [0.25, 0.3) is 0 Å². The van der Waals surface area contributed by atoms with Crippen molar-refractivity contribution in [2.75, 3.05) is 39.8 Å². The van der Waals surface area contributed by atoms with Gasteiger partial charge in [-0.2, -0.15) is 0 Å². The highest BCUT2D eigenvalue weighted by Gasteiger charge is 2.23. The fourth-order valence-corrected chi connectivity index (χ4v) is 3.93. The molecule has 1 aliphatic rings. The molecule has 0 bridgehead atoms. The first kappa shape index (κ1) is 25.3. The number of para-hydroxylation sites is 1. The lowest BCUT2D eigenvalue weighted by Gasteiger charge is -2.27. The number of nitrogens with one attached hydrogen (secondary N) is 2. The van der Waals surface area contributed by atoms with E-state index in [9.17, 15) is 5.11 Å². The summed E-state index contributed by atoms with van der Waals surface area (Å²) in [6, 6.07) is 16.5. The Morgan fingerprint density at radius 3 is 2.52 bits per heavy atom. The smallest absolute Gasteiger partial charge is 0.191 e. The molecule has 3 N–H and O–H groups in total. The maximum atomic E-state index is 10.3. The zero-order valence-electron chi connectivity index (χ0n) is 18.5. The number of aromatic hydroxyl groups is 1. The number of hydrogen-bond donors (Lipinski definition) is 3. The van der Waals surface area contributed by atoms with Crippen molar-refractivity contribution in [3.8, 4) is 11.5 Å². The first-order chi connectivity index (χ1) is 14.7. The molecule has 31 heavy (non-hydrogen) atoms. The highest BCUT2D eigenvalue weighted by molar-refractivity contribution is 14.0. The molecular weight excluding hydrogens is 503 g/mol. The Morgan fingerprint density at radius 1 is 1.10 bits per heavy atom. The Hall–Kier alpha value is -2.00. The van der Waals surface area contributed by atoms with Gasteiger partial charge in [0.05, 0.1) is 19.7 Å². The van der Waals surface area contributed by atoms with Crippen molar-refractivity contribution in [3.05, 3.63) is 59.7 Å². The SMILES string of the molecule is CCNC(=NCC(c1ccccc1)N1CCCC1)NCCc1cccc(OC)c1O.I. The Labute approximate surface area is 203 Å². The van der Waals surface area contributed by atoms with Crippen molar-refractivity contribution in [1.82, 2.24) is 15.5 Å². The molecule has 0 radical (unpaired) electrons. The number of phenolic OH excluding ortho intramolecular Hbond substituents is 1. The van der Waals surface area contributed by atoms with Crippen LogP contribution < -0.4 is 15.4 Å². The lowest BCUT2D eigenvalue weighted by atomic mass is 10.1. The van der Waals surface area contributed by atoms with Crippen molar-refractivity contribution < 1.29 is 9.84 Å². The lowest BCUT2D eigenvalue weighted by molar-refractivity contribution is 0.251. The van der Waals surface area contributed by atoms with Crippen molar-refractivity contribution in [3.63, 3.8) is 0 Å². The lowest BCUT2D eigenvalue weighted by Crippen LogP contribution is -2.39. The van der Waals surface area contributed by atoms with E-state index in [2.05, 4.69) is 52.8 Å². The number of halogens is 1. The van der Waals surface area contributed by atoms with Crippen LogP contribution in [0.25, 0.3) is 0 Å². The summed E-state index contributed by atoms with van der Waals surface area (Å²) in [5, 5.41) is 17.0. The van der Waals surface area contributed by atoms with Crippen LogP contribution in [0.3, 0.4) is 0 Å². The van der Waals surface area contributed by atoms with Crippen molar-refractivity contribution in [2.45, 2.75) is 32.2 Å². The number of ether oxygens (including phenoxy) is 1. The molecule has 2 aromatic rings. The van der Waals surface area contributed by atoms with E-state index in [0.717, 1.165) is 31.2 Å². The highest BCUT2D eigenvalue weighted by atomic mass is 127. The molecule has 2 aromatic carbocycles. The van der Waals surface area contributed by atoms with Gasteiger partial charge in [-0.05, 0) is 56.5 Å². The molecule has 1 atom stereocenters. The van der Waals surface area contributed by atoms with Gasteiger partial charge in [0.1, 0.15) is 0 Å². The van der Waals surface area contributed by atoms with Crippen LogP contribution in [0.4, 0.5) is 0 Å². The van der Waals surface area contributed by atoms with Crippen LogP contribution in [-0.4, -0.2) is 55.8 Å². The zero-order chi connectivity index (χ0) is 21.2. The maximum absolute atomic E-state index is 10.3. The van der Waals surface area contributed by atoms with Crippen LogP contribution >= 0.6 is 24.0 Å².